The van der Waals surface area contributed by atoms with Crippen molar-refractivity contribution >= 4 is 17.4 Å². The van der Waals surface area contributed by atoms with Crippen molar-refractivity contribution < 1.29 is 9.18 Å². The molecule has 0 bridgehead atoms. The molecule has 0 aromatic heterocycles. The Morgan fingerprint density at radius 1 is 1.15 bits per heavy atom. The maximum absolute atomic E-state index is 14.0. The van der Waals surface area contributed by atoms with Crippen molar-refractivity contribution in [2.75, 3.05) is 36.0 Å². The third-order valence-electron chi connectivity index (χ3n) is 4.84. The van der Waals surface area contributed by atoms with Crippen LogP contribution in [0.2, 0.25) is 0 Å². The number of likely N-dealkylation sites (N-methyl/N-ethyl adjacent to an activating group) is 1. The zero-order chi connectivity index (χ0) is 18.4. The van der Waals surface area contributed by atoms with Crippen molar-refractivity contribution in [3.05, 3.63) is 59.9 Å². The standard InChI is InChI=1S/C21H26FN3O/c1-2-24(20-13-6-4-11-18(20)22)16-14-23-21(26)25-15-8-7-10-17-9-3-5-12-19(17)25/h3-6,9,11-13H,2,7-8,10,14-16H2,1H3,(H,23,26). The summed E-state index contributed by atoms with van der Waals surface area (Å²) in [6.45, 7) is 4.44. The average Bonchev–Trinajstić information content (AvgIpc) is 2.88. The highest BCUT2D eigenvalue weighted by Gasteiger charge is 2.20. The predicted octanol–water partition coefficient (Wildman–Crippen LogP) is 4.20. The highest BCUT2D eigenvalue weighted by Crippen LogP contribution is 2.26. The molecule has 138 valence electrons. The van der Waals surface area contributed by atoms with Crippen molar-refractivity contribution in [3.8, 4) is 0 Å². The molecule has 3 rings (SSSR count). The topological polar surface area (TPSA) is 35.6 Å². The summed E-state index contributed by atoms with van der Waals surface area (Å²) >= 11 is 0. The van der Waals surface area contributed by atoms with Gasteiger partial charge in [-0.15, -0.1) is 0 Å². The van der Waals surface area contributed by atoms with Crippen LogP contribution < -0.4 is 15.1 Å². The number of hydrogen-bond acceptors (Lipinski definition) is 2. The molecule has 5 heteroatoms. The Labute approximate surface area is 154 Å². The van der Waals surface area contributed by atoms with E-state index in [0.717, 1.165) is 31.5 Å². The number of benzene rings is 2. The van der Waals surface area contributed by atoms with E-state index < -0.39 is 0 Å². The number of rotatable bonds is 5. The molecule has 1 heterocycles. The Bertz CT molecular complexity index is 750. The minimum atomic E-state index is -0.234. The van der Waals surface area contributed by atoms with Crippen LogP contribution in [0.1, 0.15) is 25.3 Å². The summed E-state index contributed by atoms with van der Waals surface area (Å²) in [6, 6.07) is 14.8. The zero-order valence-electron chi connectivity index (χ0n) is 15.2. The number of fused-ring (bicyclic) bond motifs is 1. The van der Waals surface area contributed by atoms with Gasteiger partial charge in [-0.05, 0) is 49.9 Å². The van der Waals surface area contributed by atoms with E-state index in [-0.39, 0.29) is 11.8 Å². The summed E-state index contributed by atoms with van der Waals surface area (Å²) in [6.07, 6.45) is 3.10. The number of hydrogen-bond donors (Lipinski definition) is 1. The van der Waals surface area contributed by atoms with Crippen LogP contribution in [0.25, 0.3) is 0 Å². The van der Waals surface area contributed by atoms with Crippen molar-refractivity contribution in [1.29, 1.82) is 0 Å². The molecule has 26 heavy (non-hydrogen) atoms. The van der Waals surface area contributed by atoms with Crippen LogP contribution in [0.4, 0.5) is 20.6 Å². The molecule has 4 nitrogen and oxygen atoms in total. The predicted molar refractivity (Wildman–Crippen MR) is 104 cm³/mol. The maximum Gasteiger partial charge on any atom is 0.321 e. The van der Waals surface area contributed by atoms with Crippen molar-refractivity contribution in [2.24, 2.45) is 0 Å². The van der Waals surface area contributed by atoms with Crippen LogP contribution >= 0.6 is 0 Å². The first-order chi connectivity index (χ1) is 12.7. The summed E-state index contributed by atoms with van der Waals surface area (Å²) in [5, 5.41) is 3.00. The molecule has 0 saturated carbocycles. The lowest BCUT2D eigenvalue weighted by molar-refractivity contribution is 0.246. The van der Waals surface area contributed by atoms with Gasteiger partial charge in [-0.25, -0.2) is 9.18 Å². The van der Waals surface area contributed by atoms with Crippen LogP contribution in [0.15, 0.2) is 48.5 Å². The molecule has 1 aliphatic rings. The minimum absolute atomic E-state index is 0.0797. The minimum Gasteiger partial charge on any atom is -0.368 e. The average molecular weight is 355 g/mol. The quantitative estimate of drug-likeness (QED) is 0.872. The molecule has 2 amide bonds. The van der Waals surface area contributed by atoms with Gasteiger partial charge in [0.05, 0.1) is 5.69 Å². The van der Waals surface area contributed by atoms with Gasteiger partial charge in [0.2, 0.25) is 0 Å². The summed E-state index contributed by atoms with van der Waals surface area (Å²) in [5.74, 6) is -0.234. The number of para-hydroxylation sites is 2. The summed E-state index contributed by atoms with van der Waals surface area (Å²) in [7, 11) is 0. The first-order valence-electron chi connectivity index (χ1n) is 9.33. The van der Waals surface area contributed by atoms with Gasteiger partial charge >= 0.3 is 6.03 Å². The number of aryl methyl sites for hydroxylation is 1. The normalized spacial score (nSPS) is 13.7. The van der Waals surface area contributed by atoms with E-state index in [2.05, 4.69) is 11.4 Å². The van der Waals surface area contributed by atoms with Gasteiger partial charge < -0.3 is 10.2 Å². The lowest BCUT2D eigenvalue weighted by Gasteiger charge is -2.26. The van der Waals surface area contributed by atoms with Gasteiger partial charge in [0.1, 0.15) is 5.82 Å². The second kappa shape index (κ2) is 8.70. The molecule has 0 aliphatic carbocycles. The summed E-state index contributed by atoms with van der Waals surface area (Å²) < 4.78 is 14.0. The van der Waals surface area contributed by atoms with Crippen LogP contribution in [-0.2, 0) is 6.42 Å². The van der Waals surface area contributed by atoms with Gasteiger partial charge in [0.15, 0.2) is 0 Å². The van der Waals surface area contributed by atoms with E-state index in [0.29, 0.717) is 25.3 Å². The Morgan fingerprint density at radius 2 is 1.92 bits per heavy atom. The van der Waals surface area contributed by atoms with E-state index in [1.807, 2.05) is 41.0 Å². The number of urea groups is 1. The highest BCUT2D eigenvalue weighted by atomic mass is 19.1. The third-order valence-corrected chi connectivity index (χ3v) is 4.84. The number of anilines is 2. The Hall–Kier alpha value is -2.56. The molecule has 0 saturated heterocycles. The second-order valence-electron chi connectivity index (χ2n) is 6.50. The van der Waals surface area contributed by atoms with E-state index in [4.69, 9.17) is 0 Å². The summed E-state index contributed by atoms with van der Waals surface area (Å²) in [4.78, 5) is 16.5. The monoisotopic (exact) mass is 355 g/mol. The Kier molecular flexibility index (Phi) is 6.10. The molecule has 0 radical (unpaired) electrons. The van der Waals surface area contributed by atoms with Crippen molar-refractivity contribution in [1.82, 2.24) is 5.32 Å². The SMILES string of the molecule is CCN(CCNC(=O)N1CCCCc2ccccc21)c1ccccc1F. The van der Waals surface area contributed by atoms with E-state index in [1.54, 1.807) is 12.1 Å². The molecule has 1 N–H and O–H groups in total. The van der Waals surface area contributed by atoms with Gasteiger partial charge in [-0.3, -0.25) is 4.90 Å². The van der Waals surface area contributed by atoms with Crippen molar-refractivity contribution in [3.63, 3.8) is 0 Å². The third kappa shape index (κ3) is 4.15. The number of carbonyl (C=O) groups excluding carboxylic acids is 1. The lowest BCUT2D eigenvalue weighted by Crippen LogP contribution is -2.43. The smallest absolute Gasteiger partial charge is 0.321 e. The second-order valence-corrected chi connectivity index (χ2v) is 6.50. The molecular formula is C21H26FN3O. The maximum atomic E-state index is 14.0. The first kappa shape index (κ1) is 18.2. The van der Waals surface area contributed by atoms with E-state index >= 15 is 0 Å². The molecule has 0 unspecified atom stereocenters. The number of nitrogens with zero attached hydrogens (tertiary/aromatic N) is 2. The van der Waals surface area contributed by atoms with Crippen LogP contribution in [0, 0.1) is 5.82 Å². The first-order valence-corrected chi connectivity index (χ1v) is 9.33. The number of nitrogens with one attached hydrogen (secondary N) is 1. The Balaban J connectivity index is 1.61. The van der Waals surface area contributed by atoms with E-state index in [9.17, 15) is 9.18 Å². The van der Waals surface area contributed by atoms with Crippen molar-refractivity contribution in [2.45, 2.75) is 26.2 Å². The highest BCUT2D eigenvalue weighted by molar-refractivity contribution is 5.93. The summed E-state index contributed by atoms with van der Waals surface area (Å²) in [5.41, 5.74) is 2.80. The number of halogens is 1. The number of amides is 2. The van der Waals surface area contributed by atoms with Gasteiger partial charge in [0.25, 0.3) is 0 Å². The molecule has 0 fully saturated rings. The Morgan fingerprint density at radius 3 is 2.73 bits per heavy atom. The van der Waals surface area contributed by atoms with Gasteiger partial charge in [-0.1, -0.05) is 30.3 Å². The molecule has 1 aliphatic heterocycles. The molecule has 0 atom stereocenters. The van der Waals surface area contributed by atoms with Gasteiger partial charge in [0, 0.05) is 31.9 Å². The van der Waals surface area contributed by atoms with Crippen LogP contribution in [-0.4, -0.2) is 32.2 Å². The zero-order valence-corrected chi connectivity index (χ0v) is 15.2. The van der Waals surface area contributed by atoms with Gasteiger partial charge in [-0.2, -0.15) is 0 Å². The fourth-order valence-corrected chi connectivity index (χ4v) is 3.45. The largest absolute Gasteiger partial charge is 0.368 e. The molecule has 0 spiro atoms. The lowest BCUT2D eigenvalue weighted by atomic mass is 10.1. The fourth-order valence-electron chi connectivity index (χ4n) is 3.45. The van der Waals surface area contributed by atoms with Crippen LogP contribution in [0.5, 0.6) is 0 Å². The van der Waals surface area contributed by atoms with E-state index in [1.165, 1.54) is 11.6 Å². The molecule has 2 aromatic carbocycles. The van der Waals surface area contributed by atoms with Crippen LogP contribution in [0.3, 0.4) is 0 Å². The molecular weight excluding hydrogens is 329 g/mol. The molecule has 2 aromatic rings. The number of carbonyl (C=O) groups is 1. The fraction of sp³-hybridized carbons (Fsp3) is 0.381.